The molecule has 1 aromatic carbocycles. The van der Waals surface area contributed by atoms with E-state index < -0.39 is 5.82 Å². The molecule has 112 valence electrons. The van der Waals surface area contributed by atoms with Crippen LogP contribution in [0.4, 0.5) is 10.1 Å². The summed E-state index contributed by atoms with van der Waals surface area (Å²) in [7, 11) is 0. The first kappa shape index (κ1) is 15.5. The maximum absolute atomic E-state index is 13.6. The maximum Gasteiger partial charge on any atom is 0.251 e. The van der Waals surface area contributed by atoms with Crippen LogP contribution in [0.5, 0.6) is 0 Å². The first-order chi connectivity index (χ1) is 9.81. The number of benzene rings is 1. The highest BCUT2D eigenvalue weighted by molar-refractivity contribution is 7.10. The third-order valence-corrected chi connectivity index (χ3v) is 4.76. The average molecular weight is 306 g/mol. The molecule has 0 aliphatic rings. The predicted molar refractivity (Wildman–Crippen MR) is 85.2 cm³/mol. The Bertz CT molecular complexity index is 627. The Kier molecular flexibility index (Phi) is 4.32. The molecule has 2 rings (SSSR count). The zero-order valence-corrected chi connectivity index (χ0v) is 13.2. The second kappa shape index (κ2) is 5.85. The summed E-state index contributed by atoms with van der Waals surface area (Å²) in [4.78, 5) is 13.3. The summed E-state index contributed by atoms with van der Waals surface area (Å²) in [5.41, 5.74) is 6.44. The second-order valence-corrected chi connectivity index (χ2v) is 6.66. The fourth-order valence-corrected chi connectivity index (χ4v) is 2.84. The molecule has 0 aliphatic heterocycles. The van der Waals surface area contributed by atoms with Gasteiger partial charge in [-0.25, -0.2) is 4.39 Å². The smallest absolute Gasteiger partial charge is 0.251 e. The van der Waals surface area contributed by atoms with Crippen LogP contribution in [-0.4, -0.2) is 12.5 Å². The van der Waals surface area contributed by atoms with Gasteiger partial charge in [-0.3, -0.25) is 4.79 Å². The number of amides is 1. The molecule has 1 aromatic heterocycles. The third kappa shape index (κ3) is 3.42. The van der Waals surface area contributed by atoms with Gasteiger partial charge in [0.1, 0.15) is 5.82 Å². The van der Waals surface area contributed by atoms with Gasteiger partial charge in [-0.05, 0) is 30.5 Å². The summed E-state index contributed by atoms with van der Waals surface area (Å²) in [6.07, 6.45) is 0. The van der Waals surface area contributed by atoms with Crippen molar-refractivity contribution in [1.29, 1.82) is 0 Å². The standard InChI is InChI=1S/C16H19FN2OS/c1-10-12(17)7-11(8-13(10)18)15(20)19-9-16(2,3)14-5-4-6-21-14/h4-8H,9,18H2,1-3H3,(H,19,20). The highest BCUT2D eigenvalue weighted by atomic mass is 32.1. The SMILES string of the molecule is Cc1c(N)cc(C(=O)NCC(C)(C)c2cccs2)cc1F. The van der Waals surface area contributed by atoms with E-state index in [1.54, 1.807) is 18.3 Å². The summed E-state index contributed by atoms with van der Waals surface area (Å²) < 4.78 is 13.6. The number of carbonyl (C=O) groups excluding carboxylic acids is 1. The lowest BCUT2D eigenvalue weighted by molar-refractivity contribution is 0.0945. The van der Waals surface area contributed by atoms with Crippen LogP contribution in [0.25, 0.3) is 0 Å². The summed E-state index contributed by atoms with van der Waals surface area (Å²) in [5, 5.41) is 4.86. The number of carbonyl (C=O) groups is 1. The van der Waals surface area contributed by atoms with E-state index in [0.29, 0.717) is 12.1 Å². The van der Waals surface area contributed by atoms with Crippen molar-refractivity contribution < 1.29 is 9.18 Å². The van der Waals surface area contributed by atoms with E-state index >= 15 is 0 Å². The minimum atomic E-state index is -0.460. The van der Waals surface area contributed by atoms with Crippen molar-refractivity contribution in [2.75, 3.05) is 12.3 Å². The number of thiophene rings is 1. The Balaban J connectivity index is 2.09. The van der Waals surface area contributed by atoms with Gasteiger partial charge in [-0.2, -0.15) is 0 Å². The lowest BCUT2D eigenvalue weighted by Gasteiger charge is -2.23. The summed E-state index contributed by atoms with van der Waals surface area (Å²) >= 11 is 1.65. The molecule has 0 bridgehead atoms. The van der Waals surface area contributed by atoms with Gasteiger partial charge in [0.2, 0.25) is 0 Å². The summed E-state index contributed by atoms with van der Waals surface area (Å²) in [5.74, 6) is -0.775. The first-order valence-corrected chi connectivity index (χ1v) is 7.57. The lowest BCUT2D eigenvalue weighted by atomic mass is 9.91. The monoisotopic (exact) mass is 306 g/mol. The lowest BCUT2D eigenvalue weighted by Crippen LogP contribution is -2.36. The molecule has 0 spiro atoms. The van der Waals surface area contributed by atoms with Crippen molar-refractivity contribution in [3.05, 3.63) is 51.5 Å². The molecule has 0 fully saturated rings. The Morgan fingerprint density at radius 2 is 2.14 bits per heavy atom. The van der Waals surface area contributed by atoms with Gasteiger partial charge in [0.25, 0.3) is 5.91 Å². The second-order valence-electron chi connectivity index (χ2n) is 5.72. The topological polar surface area (TPSA) is 55.1 Å². The maximum atomic E-state index is 13.6. The number of hydrogen-bond acceptors (Lipinski definition) is 3. The molecular weight excluding hydrogens is 287 g/mol. The third-order valence-electron chi connectivity index (χ3n) is 3.53. The molecule has 0 aliphatic carbocycles. The highest BCUT2D eigenvalue weighted by Crippen LogP contribution is 2.26. The normalized spacial score (nSPS) is 11.4. The molecule has 0 saturated carbocycles. The summed E-state index contributed by atoms with van der Waals surface area (Å²) in [6.45, 7) is 6.18. The number of nitrogens with two attached hydrogens (primary N) is 1. The van der Waals surface area contributed by atoms with E-state index in [0.717, 1.165) is 0 Å². The van der Waals surface area contributed by atoms with Crippen LogP contribution >= 0.6 is 11.3 Å². The molecule has 0 unspecified atom stereocenters. The van der Waals surface area contributed by atoms with E-state index in [4.69, 9.17) is 5.73 Å². The van der Waals surface area contributed by atoms with Gasteiger partial charge in [-0.1, -0.05) is 19.9 Å². The Morgan fingerprint density at radius 1 is 1.43 bits per heavy atom. The van der Waals surface area contributed by atoms with Gasteiger partial charge >= 0.3 is 0 Å². The quantitative estimate of drug-likeness (QED) is 0.850. The highest BCUT2D eigenvalue weighted by Gasteiger charge is 2.23. The fourth-order valence-electron chi connectivity index (χ4n) is 1.99. The van der Waals surface area contributed by atoms with Crippen LogP contribution < -0.4 is 11.1 Å². The summed E-state index contributed by atoms with van der Waals surface area (Å²) in [6, 6.07) is 6.75. The van der Waals surface area contributed by atoms with Crippen LogP contribution in [0.2, 0.25) is 0 Å². The van der Waals surface area contributed by atoms with E-state index in [1.165, 1.54) is 17.0 Å². The van der Waals surface area contributed by atoms with E-state index in [-0.39, 0.29) is 22.6 Å². The number of rotatable bonds is 4. The number of halogens is 1. The predicted octanol–water partition coefficient (Wildman–Crippen LogP) is 3.49. The van der Waals surface area contributed by atoms with Gasteiger partial charge in [0.15, 0.2) is 0 Å². The van der Waals surface area contributed by atoms with Crippen LogP contribution in [0, 0.1) is 12.7 Å². The van der Waals surface area contributed by atoms with Crippen molar-refractivity contribution in [1.82, 2.24) is 5.32 Å². The van der Waals surface area contributed by atoms with Gasteiger partial charge in [0.05, 0.1) is 0 Å². The molecule has 3 nitrogen and oxygen atoms in total. The number of hydrogen-bond donors (Lipinski definition) is 2. The van der Waals surface area contributed by atoms with Crippen molar-refractivity contribution >= 4 is 22.9 Å². The minimum Gasteiger partial charge on any atom is -0.398 e. The molecule has 1 amide bonds. The molecule has 2 aromatic rings. The molecule has 0 saturated heterocycles. The van der Waals surface area contributed by atoms with Crippen molar-refractivity contribution in [3.63, 3.8) is 0 Å². The molecule has 21 heavy (non-hydrogen) atoms. The number of anilines is 1. The molecule has 5 heteroatoms. The zero-order chi connectivity index (χ0) is 15.6. The number of nitrogens with one attached hydrogen (secondary N) is 1. The zero-order valence-electron chi connectivity index (χ0n) is 12.4. The largest absolute Gasteiger partial charge is 0.398 e. The van der Waals surface area contributed by atoms with E-state index in [2.05, 4.69) is 19.2 Å². The molecular formula is C16H19FN2OS. The van der Waals surface area contributed by atoms with Crippen LogP contribution in [0.1, 0.15) is 34.6 Å². The van der Waals surface area contributed by atoms with Gasteiger partial charge in [0, 0.05) is 33.7 Å². The first-order valence-electron chi connectivity index (χ1n) is 6.69. The molecule has 0 atom stereocenters. The van der Waals surface area contributed by atoms with Crippen LogP contribution in [0.15, 0.2) is 29.6 Å². The van der Waals surface area contributed by atoms with Crippen molar-refractivity contribution in [2.45, 2.75) is 26.2 Å². The molecule has 3 N–H and O–H groups in total. The average Bonchev–Trinajstić information content (AvgIpc) is 2.96. The molecule has 0 radical (unpaired) electrons. The Hall–Kier alpha value is -1.88. The molecule has 1 heterocycles. The van der Waals surface area contributed by atoms with Gasteiger partial charge < -0.3 is 11.1 Å². The minimum absolute atomic E-state index is 0.168. The van der Waals surface area contributed by atoms with E-state index in [9.17, 15) is 9.18 Å². The fraction of sp³-hybridized carbons (Fsp3) is 0.312. The van der Waals surface area contributed by atoms with Crippen LogP contribution in [-0.2, 0) is 5.41 Å². The van der Waals surface area contributed by atoms with Gasteiger partial charge in [-0.15, -0.1) is 11.3 Å². The van der Waals surface area contributed by atoms with Crippen molar-refractivity contribution in [2.24, 2.45) is 0 Å². The van der Waals surface area contributed by atoms with Crippen molar-refractivity contribution in [3.8, 4) is 0 Å². The van der Waals surface area contributed by atoms with E-state index in [1.807, 2.05) is 17.5 Å². The Labute approximate surface area is 128 Å². The number of nitrogen functional groups attached to an aromatic ring is 1. The Morgan fingerprint density at radius 3 is 2.71 bits per heavy atom. The van der Waals surface area contributed by atoms with Crippen LogP contribution in [0.3, 0.4) is 0 Å².